The Balaban J connectivity index is 1.57. The molecule has 9 heteroatoms. The lowest BCUT2D eigenvalue weighted by molar-refractivity contribution is -0.133. The molecule has 0 spiro atoms. The second kappa shape index (κ2) is 10.7. The van der Waals surface area contributed by atoms with E-state index >= 15 is 0 Å². The first-order valence-corrected chi connectivity index (χ1v) is 12.7. The first-order chi connectivity index (χ1) is 15.2. The van der Waals surface area contributed by atoms with E-state index in [1.165, 1.54) is 4.31 Å². The monoisotopic (exact) mass is 463 g/mol. The van der Waals surface area contributed by atoms with E-state index in [0.29, 0.717) is 39.0 Å². The number of hydrogen-bond donors (Lipinski definition) is 2. The lowest BCUT2D eigenvalue weighted by Gasteiger charge is -2.32. The highest BCUT2D eigenvalue weighted by molar-refractivity contribution is 7.89. The van der Waals surface area contributed by atoms with Gasteiger partial charge in [0.15, 0.2) is 0 Å². The fourth-order valence-corrected chi connectivity index (χ4v) is 6.04. The number of carbonyl (C=O) groups is 1. The molecule has 1 aliphatic heterocycles. The van der Waals surface area contributed by atoms with Crippen molar-refractivity contribution in [3.05, 3.63) is 41.6 Å². The third-order valence-corrected chi connectivity index (χ3v) is 7.82. The van der Waals surface area contributed by atoms with Crippen LogP contribution >= 0.6 is 0 Å². The van der Waals surface area contributed by atoms with E-state index < -0.39 is 21.8 Å². The number of aromatic nitrogens is 1. The molecule has 32 heavy (non-hydrogen) atoms. The quantitative estimate of drug-likeness (QED) is 0.437. The molecule has 1 amide bonds. The fraction of sp³-hybridized carbons (Fsp3) is 0.565. The zero-order valence-corrected chi connectivity index (χ0v) is 19.8. The number of benzene rings is 1. The zero-order valence-electron chi connectivity index (χ0n) is 19.0. The summed E-state index contributed by atoms with van der Waals surface area (Å²) in [6, 6.07) is 9.99. The average molecular weight is 464 g/mol. The van der Waals surface area contributed by atoms with Crippen molar-refractivity contribution in [3.8, 4) is 0 Å². The number of aryl methyl sites for hydroxylation is 1. The minimum atomic E-state index is -3.61. The van der Waals surface area contributed by atoms with Crippen molar-refractivity contribution in [2.45, 2.75) is 52.7 Å². The van der Waals surface area contributed by atoms with Crippen LogP contribution in [0.3, 0.4) is 0 Å². The Labute approximate surface area is 190 Å². The lowest BCUT2D eigenvalue weighted by Crippen LogP contribution is -2.44. The summed E-state index contributed by atoms with van der Waals surface area (Å²) in [5, 5.41) is 10.0. The lowest BCUT2D eigenvalue weighted by atomic mass is 9.98. The molecule has 0 aliphatic carbocycles. The van der Waals surface area contributed by atoms with Crippen LogP contribution in [0.5, 0.6) is 0 Å². The number of ether oxygens (including phenoxy) is 1. The number of pyridine rings is 1. The number of amides is 1. The molecular formula is C23H33N3O5S. The van der Waals surface area contributed by atoms with Gasteiger partial charge in [0.2, 0.25) is 15.9 Å². The topological polar surface area (TPSA) is 109 Å². The van der Waals surface area contributed by atoms with Gasteiger partial charge in [-0.1, -0.05) is 32.0 Å². The normalized spacial score (nSPS) is 17.0. The van der Waals surface area contributed by atoms with E-state index in [9.17, 15) is 13.2 Å². The van der Waals surface area contributed by atoms with Crippen LogP contribution in [0.2, 0.25) is 0 Å². The molecule has 1 saturated heterocycles. The maximum absolute atomic E-state index is 12.9. The number of fused-ring (bicyclic) bond motifs is 1. The zero-order chi connectivity index (χ0) is 23.3. The first-order valence-electron chi connectivity index (χ1n) is 11.1. The SMILES string of the molecule is Cc1cc(COC2CCN(S(=O)(=O)CC(CC(C)C)C(=O)NO)CC2)c2ccccc2n1. The van der Waals surface area contributed by atoms with Crippen LogP contribution in [0.15, 0.2) is 30.3 Å². The summed E-state index contributed by atoms with van der Waals surface area (Å²) in [6.45, 7) is 6.97. The molecule has 3 rings (SSSR count). The predicted octanol–water partition coefficient (Wildman–Crippen LogP) is 3.02. The summed E-state index contributed by atoms with van der Waals surface area (Å²) >= 11 is 0. The number of rotatable bonds is 9. The van der Waals surface area contributed by atoms with Gasteiger partial charge in [-0.05, 0) is 49.8 Å². The predicted molar refractivity (Wildman–Crippen MR) is 123 cm³/mol. The number of hydroxylamine groups is 1. The highest BCUT2D eigenvalue weighted by Crippen LogP contribution is 2.24. The van der Waals surface area contributed by atoms with Crippen LogP contribution in [-0.2, 0) is 26.2 Å². The molecule has 2 N–H and O–H groups in total. The Hall–Kier alpha value is -2.07. The number of nitrogens with zero attached hydrogens (tertiary/aromatic N) is 2. The molecule has 0 bridgehead atoms. The van der Waals surface area contributed by atoms with E-state index in [4.69, 9.17) is 9.94 Å². The highest BCUT2D eigenvalue weighted by atomic mass is 32.2. The van der Waals surface area contributed by atoms with Gasteiger partial charge in [-0.25, -0.2) is 18.2 Å². The highest BCUT2D eigenvalue weighted by Gasteiger charge is 2.33. The molecule has 0 radical (unpaired) electrons. The van der Waals surface area contributed by atoms with Crippen molar-refractivity contribution in [3.63, 3.8) is 0 Å². The Morgan fingerprint density at radius 3 is 2.62 bits per heavy atom. The summed E-state index contributed by atoms with van der Waals surface area (Å²) in [4.78, 5) is 16.5. The van der Waals surface area contributed by atoms with Gasteiger partial charge in [0, 0.05) is 24.2 Å². The third-order valence-electron chi connectivity index (χ3n) is 5.85. The van der Waals surface area contributed by atoms with Crippen LogP contribution in [-0.4, -0.2) is 53.8 Å². The number of hydrogen-bond acceptors (Lipinski definition) is 6. The molecule has 1 unspecified atom stereocenters. The van der Waals surface area contributed by atoms with Crippen LogP contribution in [0.25, 0.3) is 10.9 Å². The van der Waals surface area contributed by atoms with Gasteiger partial charge in [-0.3, -0.25) is 15.0 Å². The van der Waals surface area contributed by atoms with E-state index in [0.717, 1.165) is 22.2 Å². The van der Waals surface area contributed by atoms with E-state index in [1.807, 2.05) is 51.1 Å². The van der Waals surface area contributed by atoms with E-state index in [1.54, 1.807) is 5.48 Å². The minimum absolute atomic E-state index is 0.0270. The van der Waals surface area contributed by atoms with Gasteiger partial charge in [-0.15, -0.1) is 0 Å². The van der Waals surface area contributed by atoms with Gasteiger partial charge in [0.05, 0.1) is 29.9 Å². The average Bonchev–Trinajstić information content (AvgIpc) is 2.76. The molecule has 1 atom stereocenters. The maximum atomic E-state index is 12.9. The largest absolute Gasteiger partial charge is 0.373 e. The third kappa shape index (κ3) is 6.25. The molecular weight excluding hydrogens is 430 g/mol. The van der Waals surface area contributed by atoms with Crippen LogP contribution in [0.4, 0.5) is 0 Å². The molecule has 8 nitrogen and oxygen atoms in total. The molecule has 176 valence electrons. The summed E-state index contributed by atoms with van der Waals surface area (Å²) in [5.41, 5.74) is 4.56. The molecule has 2 heterocycles. The number of nitrogens with one attached hydrogen (secondary N) is 1. The van der Waals surface area contributed by atoms with Gasteiger partial charge >= 0.3 is 0 Å². The van der Waals surface area contributed by atoms with Gasteiger partial charge in [0.25, 0.3) is 0 Å². The van der Waals surface area contributed by atoms with E-state index in [-0.39, 0.29) is 17.8 Å². The molecule has 1 aromatic carbocycles. The van der Waals surface area contributed by atoms with Gasteiger partial charge in [0.1, 0.15) is 0 Å². The van der Waals surface area contributed by atoms with Crippen molar-refractivity contribution in [1.82, 2.24) is 14.8 Å². The van der Waals surface area contributed by atoms with E-state index in [2.05, 4.69) is 4.98 Å². The molecule has 0 saturated carbocycles. The standard InChI is InChI=1S/C23H33N3O5S/c1-16(2)12-19(23(27)25-28)15-32(29,30)26-10-8-20(9-11-26)31-14-18-13-17(3)24-22-7-5-4-6-21(18)22/h4-7,13,16,19-20,28H,8-12,14-15H2,1-3H3,(H,25,27). The Bertz CT molecular complexity index is 1030. The Kier molecular flexibility index (Phi) is 8.21. The van der Waals surface area contributed by atoms with Gasteiger partial charge < -0.3 is 4.74 Å². The Morgan fingerprint density at radius 1 is 1.28 bits per heavy atom. The summed E-state index contributed by atoms with van der Waals surface area (Å²) < 4.78 is 33.3. The summed E-state index contributed by atoms with van der Waals surface area (Å²) in [7, 11) is -3.61. The molecule has 1 fully saturated rings. The van der Waals surface area contributed by atoms with Crippen LogP contribution < -0.4 is 5.48 Å². The number of sulfonamides is 1. The van der Waals surface area contributed by atoms with Crippen molar-refractivity contribution in [2.24, 2.45) is 11.8 Å². The molecule has 1 aliphatic rings. The minimum Gasteiger partial charge on any atom is -0.373 e. The summed E-state index contributed by atoms with van der Waals surface area (Å²) in [5.74, 6) is -1.59. The first kappa shape index (κ1) is 24.6. The number of piperidine rings is 1. The number of para-hydroxylation sites is 1. The number of carbonyl (C=O) groups excluding carboxylic acids is 1. The maximum Gasteiger partial charge on any atom is 0.247 e. The molecule has 2 aromatic rings. The molecule has 1 aromatic heterocycles. The second-order valence-electron chi connectivity index (χ2n) is 8.93. The van der Waals surface area contributed by atoms with Gasteiger partial charge in [-0.2, -0.15) is 0 Å². The summed E-state index contributed by atoms with van der Waals surface area (Å²) in [6.07, 6.45) is 1.57. The van der Waals surface area contributed by atoms with Crippen molar-refractivity contribution in [1.29, 1.82) is 0 Å². The van der Waals surface area contributed by atoms with Crippen LogP contribution in [0.1, 0.15) is 44.4 Å². The van der Waals surface area contributed by atoms with Crippen molar-refractivity contribution >= 4 is 26.8 Å². The fourth-order valence-electron chi connectivity index (χ4n) is 4.27. The Morgan fingerprint density at radius 2 is 1.97 bits per heavy atom. The smallest absolute Gasteiger partial charge is 0.247 e. The second-order valence-corrected chi connectivity index (χ2v) is 10.9. The van der Waals surface area contributed by atoms with Crippen molar-refractivity contribution in [2.75, 3.05) is 18.8 Å². The van der Waals surface area contributed by atoms with Crippen LogP contribution in [0, 0.1) is 18.8 Å². The van der Waals surface area contributed by atoms with Crippen molar-refractivity contribution < 1.29 is 23.2 Å².